The normalized spacial score (nSPS) is 11.6. The van der Waals surface area contributed by atoms with Gasteiger partial charge in [0.2, 0.25) is 10.0 Å². The first kappa shape index (κ1) is 15.0. The number of aryl methyl sites for hydroxylation is 1. The van der Waals surface area contributed by atoms with Gasteiger partial charge in [-0.15, -0.1) is 11.3 Å². The van der Waals surface area contributed by atoms with Crippen LogP contribution in [0, 0.1) is 6.92 Å². The average molecular weight is 357 g/mol. The zero-order chi connectivity index (χ0) is 13.1. The second-order valence-corrected chi connectivity index (χ2v) is 8.38. The largest absolute Gasteiger partial charge is 0.393 e. The van der Waals surface area contributed by atoms with Gasteiger partial charge in [0.15, 0.2) is 0 Å². The summed E-state index contributed by atoms with van der Waals surface area (Å²) >= 11 is 9.22. The van der Waals surface area contributed by atoms with E-state index in [2.05, 4.69) is 20.7 Å². The Kier molecular flexibility index (Phi) is 5.52. The maximum atomic E-state index is 11.9. The fourth-order valence-corrected chi connectivity index (χ4v) is 4.59. The summed E-state index contributed by atoms with van der Waals surface area (Å²) in [4.78, 5) is 0.402. The Bertz CT molecular complexity index is 491. The minimum absolute atomic E-state index is 0.317. The first-order valence-corrected chi connectivity index (χ1v) is 8.37. The summed E-state index contributed by atoms with van der Waals surface area (Å²) in [6.07, 6.45) is 1.16. The van der Waals surface area contributed by atoms with E-state index in [9.17, 15) is 8.42 Å². The number of hydrogen-bond donors (Lipinski definition) is 2. The predicted molar refractivity (Wildman–Crippen MR) is 78.0 cm³/mol. The highest BCUT2D eigenvalue weighted by Gasteiger charge is 2.17. The van der Waals surface area contributed by atoms with Crippen LogP contribution in [-0.4, -0.2) is 20.0 Å². The molecule has 0 aliphatic carbocycles. The molecule has 1 aromatic heterocycles. The molecule has 4 nitrogen and oxygen atoms in total. The molecule has 0 amide bonds. The molecule has 0 saturated heterocycles. The molecule has 0 fully saturated rings. The highest BCUT2D eigenvalue weighted by Crippen LogP contribution is 2.30. The van der Waals surface area contributed by atoms with Gasteiger partial charge < -0.3 is 5.73 Å². The Hall–Kier alpha value is -0.0200. The van der Waals surface area contributed by atoms with Crippen LogP contribution < -0.4 is 10.5 Å². The maximum absolute atomic E-state index is 11.9. The summed E-state index contributed by atoms with van der Waals surface area (Å²) in [6, 6.07) is 1.64. The summed E-state index contributed by atoms with van der Waals surface area (Å²) in [5, 5.41) is 0. The lowest BCUT2D eigenvalue weighted by Gasteiger charge is -2.03. The molecule has 0 aliphatic heterocycles. The zero-order valence-electron chi connectivity index (χ0n) is 9.20. The van der Waals surface area contributed by atoms with Gasteiger partial charge in [-0.05, 0) is 47.3 Å². The second kappa shape index (κ2) is 6.24. The minimum atomic E-state index is -3.41. The van der Waals surface area contributed by atoms with Crippen LogP contribution >= 0.6 is 39.5 Å². The van der Waals surface area contributed by atoms with Crippen LogP contribution in [0.15, 0.2) is 14.1 Å². The van der Waals surface area contributed by atoms with E-state index in [0.29, 0.717) is 28.6 Å². The molecule has 0 aliphatic rings. The van der Waals surface area contributed by atoms with Crippen molar-refractivity contribution in [3.05, 3.63) is 15.4 Å². The topological polar surface area (TPSA) is 72.2 Å². The molecule has 17 heavy (non-hydrogen) atoms. The van der Waals surface area contributed by atoms with Crippen molar-refractivity contribution in [2.75, 3.05) is 6.54 Å². The quantitative estimate of drug-likeness (QED) is 0.605. The van der Waals surface area contributed by atoms with Crippen molar-refractivity contribution in [3.8, 4) is 0 Å². The van der Waals surface area contributed by atoms with E-state index in [1.54, 1.807) is 6.07 Å². The van der Waals surface area contributed by atoms with E-state index >= 15 is 0 Å². The van der Waals surface area contributed by atoms with Crippen molar-refractivity contribution >= 4 is 54.5 Å². The molecule has 0 bridgehead atoms. The monoisotopic (exact) mass is 356 g/mol. The van der Waals surface area contributed by atoms with Crippen molar-refractivity contribution in [1.82, 2.24) is 4.72 Å². The highest BCUT2D eigenvalue weighted by molar-refractivity contribution is 9.11. The lowest BCUT2D eigenvalue weighted by atomic mass is 10.3. The van der Waals surface area contributed by atoms with E-state index < -0.39 is 10.0 Å². The molecule has 1 aromatic rings. The van der Waals surface area contributed by atoms with Gasteiger partial charge in [-0.2, -0.15) is 0 Å². The van der Waals surface area contributed by atoms with Gasteiger partial charge in [0.1, 0.15) is 4.21 Å². The SMILES string of the molecule is Cc1cc(S(=O)(=O)NCCCC(N)=S)sc1Br. The zero-order valence-corrected chi connectivity index (χ0v) is 13.2. The summed E-state index contributed by atoms with van der Waals surface area (Å²) in [5.41, 5.74) is 6.24. The number of nitrogens with one attached hydrogen (secondary N) is 1. The minimum Gasteiger partial charge on any atom is -0.393 e. The number of sulfonamides is 1. The Morgan fingerprint density at radius 2 is 2.29 bits per heavy atom. The summed E-state index contributed by atoms with van der Waals surface area (Å²) in [7, 11) is -3.41. The fourth-order valence-electron chi connectivity index (χ4n) is 1.10. The number of thiophene rings is 1. The van der Waals surface area contributed by atoms with E-state index in [-0.39, 0.29) is 0 Å². The second-order valence-electron chi connectivity index (χ2n) is 3.49. The molecule has 1 heterocycles. The molecule has 0 atom stereocenters. The van der Waals surface area contributed by atoms with Gasteiger partial charge in [0.25, 0.3) is 0 Å². The molecule has 1 rings (SSSR count). The van der Waals surface area contributed by atoms with Crippen LogP contribution in [0.25, 0.3) is 0 Å². The van der Waals surface area contributed by atoms with Crippen molar-refractivity contribution in [2.24, 2.45) is 5.73 Å². The Balaban J connectivity index is 2.60. The number of thiocarbonyl (C=S) groups is 1. The first-order chi connectivity index (χ1) is 7.83. The number of rotatable bonds is 6. The van der Waals surface area contributed by atoms with Crippen LogP contribution in [0.4, 0.5) is 0 Å². The molecule has 0 saturated carbocycles. The highest BCUT2D eigenvalue weighted by atomic mass is 79.9. The van der Waals surface area contributed by atoms with Gasteiger partial charge in [-0.3, -0.25) is 0 Å². The Morgan fingerprint density at radius 3 is 2.76 bits per heavy atom. The van der Waals surface area contributed by atoms with Crippen LogP contribution in [0.2, 0.25) is 0 Å². The third-order valence-corrected chi connectivity index (χ3v) is 6.27. The van der Waals surface area contributed by atoms with Gasteiger partial charge in [0, 0.05) is 6.54 Å². The molecule has 0 aromatic carbocycles. The molecule has 0 spiro atoms. The van der Waals surface area contributed by atoms with Crippen LogP contribution in [0.3, 0.4) is 0 Å². The van der Waals surface area contributed by atoms with E-state index in [0.717, 1.165) is 9.35 Å². The van der Waals surface area contributed by atoms with Gasteiger partial charge in [-0.25, -0.2) is 13.1 Å². The van der Waals surface area contributed by atoms with Gasteiger partial charge >= 0.3 is 0 Å². The lowest BCUT2D eigenvalue weighted by Crippen LogP contribution is -2.25. The van der Waals surface area contributed by atoms with Gasteiger partial charge in [-0.1, -0.05) is 12.2 Å². The summed E-state index contributed by atoms with van der Waals surface area (Å²) in [5.74, 6) is 0. The van der Waals surface area contributed by atoms with Crippen LogP contribution in [-0.2, 0) is 10.0 Å². The molecule has 0 unspecified atom stereocenters. The maximum Gasteiger partial charge on any atom is 0.250 e. The molecular formula is C9H13BrN2O2S3. The van der Waals surface area contributed by atoms with E-state index in [1.807, 2.05) is 6.92 Å². The van der Waals surface area contributed by atoms with Crippen molar-refractivity contribution in [2.45, 2.75) is 24.0 Å². The van der Waals surface area contributed by atoms with Crippen molar-refractivity contribution < 1.29 is 8.42 Å². The van der Waals surface area contributed by atoms with E-state index in [1.165, 1.54) is 11.3 Å². The van der Waals surface area contributed by atoms with E-state index in [4.69, 9.17) is 18.0 Å². The van der Waals surface area contributed by atoms with Crippen LogP contribution in [0.1, 0.15) is 18.4 Å². The van der Waals surface area contributed by atoms with Gasteiger partial charge in [0.05, 0.1) is 8.77 Å². The average Bonchev–Trinajstić information content (AvgIpc) is 2.55. The van der Waals surface area contributed by atoms with Crippen molar-refractivity contribution in [3.63, 3.8) is 0 Å². The van der Waals surface area contributed by atoms with Crippen LogP contribution in [0.5, 0.6) is 0 Å². The third kappa shape index (κ3) is 4.63. The fraction of sp³-hybridized carbons (Fsp3) is 0.444. The molecule has 3 N–H and O–H groups in total. The number of hydrogen-bond acceptors (Lipinski definition) is 4. The predicted octanol–water partition coefficient (Wildman–Crippen LogP) is 2.16. The third-order valence-electron chi connectivity index (χ3n) is 1.99. The smallest absolute Gasteiger partial charge is 0.250 e. The Morgan fingerprint density at radius 1 is 1.65 bits per heavy atom. The number of halogens is 1. The summed E-state index contributed by atoms with van der Waals surface area (Å²) in [6.45, 7) is 2.20. The number of nitrogens with two attached hydrogens (primary N) is 1. The lowest BCUT2D eigenvalue weighted by molar-refractivity contribution is 0.582. The standard InChI is InChI=1S/C9H13BrN2O2S3/c1-6-5-8(16-9(6)10)17(13,14)12-4-2-3-7(11)15/h5,12H,2-4H2,1H3,(H2,11,15). The Labute approximate surface area is 119 Å². The first-order valence-electron chi connectivity index (χ1n) is 4.87. The molecule has 8 heteroatoms. The molecule has 96 valence electrons. The molecular weight excluding hydrogens is 344 g/mol. The molecule has 0 radical (unpaired) electrons. The van der Waals surface area contributed by atoms with Crippen molar-refractivity contribution in [1.29, 1.82) is 0 Å². The summed E-state index contributed by atoms with van der Waals surface area (Å²) < 4.78 is 27.4.